The van der Waals surface area contributed by atoms with Gasteiger partial charge in [0.1, 0.15) is 0 Å². The number of anilines is 3. The third kappa shape index (κ3) is 8.09. The Morgan fingerprint density at radius 1 is 0.735 bits per heavy atom. The minimum Gasteiger partial charge on any atom is -0.376 e. The topological polar surface area (TPSA) is 99.3 Å². The van der Waals surface area contributed by atoms with Crippen LogP contribution in [0, 0.1) is 5.92 Å². The van der Waals surface area contributed by atoms with E-state index in [1.54, 1.807) is 48.5 Å². The van der Waals surface area contributed by atoms with E-state index in [2.05, 4.69) is 21.3 Å². The number of carbonyl (C=O) groups excluding carboxylic acids is 3. The fraction of sp³-hybridized carbons (Fsp3) is 0.222. The molecule has 0 saturated heterocycles. The average molecular weight is 459 g/mol. The summed E-state index contributed by atoms with van der Waals surface area (Å²) >= 11 is 0. The van der Waals surface area contributed by atoms with Crippen LogP contribution in [0.15, 0.2) is 78.9 Å². The highest BCUT2D eigenvalue weighted by Gasteiger charge is 2.08. The molecule has 3 amide bonds. The number of carbonyl (C=O) groups is 3. The molecule has 0 aliphatic heterocycles. The fourth-order valence-corrected chi connectivity index (χ4v) is 3.26. The Bertz CT molecular complexity index is 1110. The Hall–Kier alpha value is -4.13. The van der Waals surface area contributed by atoms with Crippen LogP contribution in [0.4, 0.5) is 17.1 Å². The van der Waals surface area contributed by atoms with E-state index < -0.39 is 0 Å². The van der Waals surface area contributed by atoms with Crippen LogP contribution in [0.25, 0.3) is 0 Å². The van der Waals surface area contributed by atoms with Crippen LogP contribution in [0.2, 0.25) is 0 Å². The zero-order chi connectivity index (χ0) is 24.3. The Kier molecular flexibility index (Phi) is 8.80. The largest absolute Gasteiger partial charge is 0.376 e. The van der Waals surface area contributed by atoms with Crippen molar-refractivity contribution in [1.29, 1.82) is 0 Å². The SMILES string of the molecule is CC(C)CC(=O)Nc1ccc(NC(=O)CNc2cccc(C(=O)NCc3ccccc3)c2)cc1. The Balaban J connectivity index is 1.46. The first-order valence-electron chi connectivity index (χ1n) is 11.2. The van der Waals surface area contributed by atoms with E-state index in [0.29, 0.717) is 35.6 Å². The summed E-state index contributed by atoms with van der Waals surface area (Å²) < 4.78 is 0. The molecule has 3 rings (SSSR count). The molecule has 7 nitrogen and oxygen atoms in total. The van der Waals surface area contributed by atoms with Gasteiger partial charge in [-0.1, -0.05) is 50.2 Å². The van der Waals surface area contributed by atoms with Crippen molar-refractivity contribution in [3.63, 3.8) is 0 Å². The van der Waals surface area contributed by atoms with Gasteiger partial charge in [0.15, 0.2) is 0 Å². The van der Waals surface area contributed by atoms with Gasteiger partial charge < -0.3 is 21.3 Å². The molecule has 0 bridgehead atoms. The highest BCUT2D eigenvalue weighted by molar-refractivity contribution is 5.96. The zero-order valence-electron chi connectivity index (χ0n) is 19.4. The van der Waals surface area contributed by atoms with Crippen molar-refractivity contribution >= 4 is 34.8 Å². The molecule has 0 aliphatic rings. The lowest BCUT2D eigenvalue weighted by Gasteiger charge is -2.11. The van der Waals surface area contributed by atoms with Crippen molar-refractivity contribution in [1.82, 2.24) is 5.32 Å². The lowest BCUT2D eigenvalue weighted by molar-refractivity contribution is -0.117. The van der Waals surface area contributed by atoms with Crippen molar-refractivity contribution in [2.75, 3.05) is 22.5 Å². The molecule has 3 aromatic rings. The summed E-state index contributed by atoms with van der Waals surface area (Å²) in [5, 5.41) is 11.6. The van der Waals surface area contributed by atoms with Gasteiger partial charge in [-0.05, 0) is 53.9 Å². The quantitative estimate of drug-likeness (QED) is 0.355. The number of amides is 3. The normalized spacial score (nSPS) is 10.4. The third-order valence-corrected chi connectivity index (χ3v) is 4.92. The Morgan fingerprint density at radius 3 is 2.03 bits per heavy atom. The van der Waals surface area contributed by atoms with Crippen molar-refractivity contribution < 1.29 is 14.4 Å². The van der Waals surface area contributed by atoms with Gasteiger partial charge >= 0.3 is 0 Å². The van der Waals surface area contributed by atoms with Gasteiger partial charge in [-0.3, -0.25) is 14.4 Å². The first-order valence-corrected chi connectivity index (χ1v) is 11.2. The number of rotatable bonds is 10. The van der Waals surface area contributed by atoms with Gasteiger partial charge in [0.2, 0.25) is 11.8 Å². The molecule has 7 heteroatoms. The molecular formula is C27H30N4O3. The minimum atomic E-state index is -0.226. The van der Waals surface area contributed by atoms with Crippen molar-refractivity contribution in [2.45, 2.75) is 26.8 Å². The molecule has 0 aromatic heterocycles. The summed E-state index contributed by atoms with van der Waals surface area (Å²) in [5.41, 5.74) is 3.52. The predicted octanol–water partition coefficient (Wildman–Crippen LogP) is 4.65. The van der Waals surface area contributed by atoms with E-state index in [1.807, 2.05) is 44.2 Å². The van der Waals surface area contributed by atoms with Gasteiger partial charge in [-0.2, -0.15) is 0 Å². The number of hydrogen-bond acceptors (Lipinski definition) is 4. The molecular weight excluding hydrogens is 428 g/mol. The first kappa shape index (κ1) is 24.5. The predicted molar refractivity (Wildman–Crippen MR) is 136 cm³/mol. The van der Waals surface area contributed by atoms with Gasteiger partial charge in [0.05, 0.1) is 6.54 Å². The summed E-state index contributed by atoms with van der Waals surface area (Å²) in [5.74, 6) is -0.157. The monoisotopic (exact) mass is 458 g/mol. The number of nitrogens with one attached hydrogen (secondary N) is 4. The summed E-state index contributed by atoms with van der Waals surface area (Å²) in [6.45, 7) is 4.47. The van der Waals surface area contributed by atoms with Crippen molar-refractivity contribution in [3.8, 4) is 0 Å². The molecule has 176 valence electrons. The average Bonchev–Trinajstić information content (AvgIpc) is 2.83. The second-order valence-electron chi connectivity index (χ2n) is 8.37. The third-order valence-electron chi connectivity index (χ3n) is 4.92. The zero-order valence-corrected chi connectivity index (χ0v) is 19.4. The number of benzene rings is 3. The Morgan fingerprint density at radius 2 is 1.38 bits per heavy atom. The van der Waals surface area contributed by atoms with Crippen LogP contribution < -0.4 is 21.3 Å². The highest BCUT2D eigenvalue weighted by Crippen LogP contribution is 2.15. The van der Waals surface area contributed by atoms with E-state index in [-0.39, 0.29) is 30.2 Å². The van der Waals surface area contributed by atoms with Crippen molar-refractivity contribution in [3.05, 3.63) is 90.0 Å². The van der Waals surface area contributed by atoms with Gasteiger partial charge in [-0.25, -0.2) is 0 Å². The van der Waals surface area contributed by atoms with Gasteiger partial charge in [0.25, 0.3) is 5.91 Å². The van der Waals surface area contributed by atoms with Crippen LogP contribution in [0.5, 0.6) is 0 Å². The van der Waals surface area contributed by atoms with Gasteiger partial charge in [-0.15, -0.1) is 0 Å². The molecule has 0 saturated carbocycles. The minimum absolute atomic E-state index is 0.0352. The fourth-order valence-electron chi connectivity index (χ4n) is 3.26. The van der Waals surface area contributed by atoms with Crippen molar-refractivity contribution in [2.24, 2.45) is 5.92 Å². The van der Waals surface area contributed by atoms with E-state index in [1.165, 1.54) is 0 Å². The van der Waals surface area contributed by atoms with E-state index >= 15 is 0 Å². The summed E-state index contributed by atoms with van der Waals surface area (Å²) in [6, 6.07) is 23.7. The van der Waals surface area contributed by atoms with E-state index in [9.17, 15) is 14.4 Å². The van der Waals surface area contributed by atoms with Crippen LogP contribution in [-0.2, 0) is 16.1 Å². The lowest BCUT2D eigenvalue weighted by Crippen LogP contribution is -2.23. The molecule has 4 N–H and O–H groups in total. The second kappa shape index (κ2) is 12.2. The molecule has 0 aliphatic carbocycles. The Labute approximate surface area is 200 Å². The van der Waals surface area contributed by atoms with Gasteiger partial charge in [0, 0.05) is 35.6 Å². The first-order chi connectivity index (χ1) is 16.4. The smallest absolute Gasteiger partial charge is 0.251 e. The standard InChI is InChI=1S/C27H30N4O3/c1-19(2)15-25(32)30-22-11-13-23(14-12-22)31-26(33)18-28-24-10-6-9-21(16-24)27(34)29-17-20-7-4-3-5-8-20/h3-14,16,19,28H,15,17-18H2,1-2H3,(H,29,34)(H,30,32)(H,31,33). The summed E-state index contributed by atoms with van der Waals surface area (Å²) in [7, 11) is 0. The second-order valence-corrected chi connectivity index (χ2v) is 8.37. The maximum Gasteiger partial charge on any atom is 0.251 e. The molecule has 0 atom stereocenters. The summed E-state index contributed by atoms with van der Waals surface area (Å²) in [6.07, 6.45) is 0.458. The van der Waals surface area contributed by atoms with Crippen LogP contribution in [0.1, 0.15) is 36.2 Å². The van der Waals surface area contributed by atoms with Crippen LogP contribution in [-0.4, -0.2) is 24.3 Å². The molecule has 3 aromatic carbocycles. The van der Waals surface area contributed by atoms with Crippen LogP contribution >= 0.6 is 0 Å². The maximum atomic E-state index is 12.5. The molecule has 0 spiro atoms. The molecule has 34 heavy (non-hydrogen) atoms. The molecule has 0 fully saturated rings. The molecule has 0 unspecified atom stereocenters. The van der Waals surface area contributed by atoms with E-state index in [4.69, 9.17) is 0 Å². The lowest BCUT2D eigenvalue weighted by atomic mass is 10.1. The number of hydrogen-bond donors (Lipinski definition) is 4. The molecule has 0 radical (unpaired) electrons. The van der Waals surface area contributed by atoms with E-state index in [0.717, 1.165) is 5.56 Å². The summed E-state index contributed by atoms with van der Waals surface area (Å²) in [4.78, 5) is 36.6. The van der Waals surface area contributed by atoms with Crippen LogP contribution in [0.3, 0.4) is 0 Å². The molecule has 0 heterocycles. The maximum absolute atomic E-state index is 12.5. The highest BCUT2D eigenvalue weighted by atomic mass is 16.2.